The third kappa shape index (κ3) is 7.45. The van der Waals surface area contributed by atoms with Gasteiger partial charge < -0.3 is 5.32 Å². The second-order valence-corrected chi connectivity index (χ2v) is 17.9. The van der Waals surface area contributed by atoms with Gasteiger partial charge in [0.25, 0.3) is 17.9 Å². The van der Waals surface area contributed by atoms with Gasteiger partial charge in [-0.2, -0.15) is 19.0 Å². The van der Waals surface area contributed by atoms with E-state index in [4.69, 9.17) is 16.6 Å². The summed E-state index contributed by atoms with van der Waals surface area (Å²) in [7, 11) is -2.46. The minimum absolute atomic E-state index is 0.00632. The zero-order valence-corrected chi connectivity index (χ0v) is 35.0. The number of anilines is 1. The van der Waals surface area contributed by atoms with Crippen molar-refractivity contribution in [1.29, 1.82) is 0 Å². The molecule has 9 rings (SSSR count). The van der Waals surface area contributed by atoms with Crippen LogP contribution in [0.1, 0.15) is 64.7 Å². The molecule has 2 aliphatic rings. The Morgan fingerprint density at radius 3 is 2.41 bits per heavy atom. The summed E-state index contributed by atoms with van der Waals surface area (Å²) in [6, 6.07) is 10.3. The summed E-state index contributed by atoms with van der Waals surface area (Å²) < 4.78 is 119. The summed E-state index contributed by atoms with van der Waals surface area (Å²) in [4.78, 5) is 42.9. The lowest BCUT2D eigenvalue weighted by Crippen LogP contribution is -2.38. The van der Waals surface area contributed by atoms with Gasteiger partial charge in [0.2, 0.25) is 15.9 Å². The highest BCUT2D eigenvalue weighted by molar-refractivity contribution is 7.92. The minimum atomic E-state index is -3.92. The Labute approximate surface area is 358 Å². The number of alkyl halides is 4. The number of carbonyl (C=O) groups excluding carboxylic acids is 1. The third-order valence-corrected chi connectivity index (χ3v) is 11.9. The van der Waals surface area contributed by atoms with Gasteiger partial charge in [0.05, 0.1) is 50.5 Å². The summed E-state index contributed by atoms with van der Waals surface area (Å²) in [6.07, 6.45) is -2.78. The van der Waals surface area contributed by atoms with Gasteiger partial charge in [-0.15, -0.1) is 0 Å². The van der Waals surface area contributed by atoms with Gasteiger partial charge in [-0.3, -0.25) is 28.2 Å². The predicted octanol–water partition coefficient (Wildman–Crippen LogP) is 7.09. The highest BCUT2D eigenvalue weighted by Crippen LogP contribution is 2.68. The molecule has 4 heterocycles. The van der Waals surface area contributed by atoms with Crippen LogP contribution < -0.4 is 15.6 Å². The number of aryl methyl sites for hydroxylation is 3. The number of benzene rings is 3. The molecular weight excluding hydrogens is 878 g/mol. The van der Waals surface area contributed by atoms with Crippen molar-refractivity contribution in [2.45, 2.75) is 57.5 Å². The minimum Gasteiger partial charge on any atom is -0.344 e. The molecule has 1 saturated carbocycles. The van der Waals surface area contributed by atoms with Crippen LogP contribution in [0.4, 0.5) is 32.2 Å². The fraction of sp³-hybridized carbons (Fsp3) is 0.293. The standard InChI is InChI=1S/C41H33ClF6N10O4S/c1-17-9-27(50-18(2)49-17)20-5-6-23-28(13-20)52-39(58(40(23)60)30-8-7-26(42)33-35(30)56(3)54-38(33)55-63(4,61)62)29(12-19-10-21(43)14-22(44)11-19)51-31(59)16-57-36-32(34(53-57)37(45)46)24-15-25(24)41(36,47)48/h5-11,13-14,24-25,29,37H,12,15-16H2,1-4H3,(H,51,59)(H,54,55)/t24-,25+,29-/m0/s1. The third-order valence-electron chi connectivity index (χ3n) is 11.1. The maximum atomic E-state index is 15.5. The Morgan fingerprint density at radius 1 is 1.00 bits per heavy atom. The zero-order valence-electron chi connectivity index (χ0n) is 33.4. The molecule has 2 N–H and O–H groups in total. The average Bonchev–Trinajstić information content (AvgIpc) is 3.72. The Kier molecular flexibility index (Phi) is 9.92. The first-order valence-corrected chi connectivity index (χ1v) is 21.5. The summed E-state index contributed by atoms with van der Waals surface area (Å²) in [6.45, 7) is 2.49. The first-order valence-electron chi connectivity index (χ1n) is 19.2. The van der Waals surface area contributed by atoms with Crippen LogP contribution in [0.2, 0.25) is 5.02 Å². The lowest BCUT2D eigenvalue weighted by molar-refractivity contribution is -0.123. The van der Waals surface area contributed by atoms with Gasteiger partial charge >= 0.3 is 0 Å². The number of fused-ring (bicyclic) bond motifs is 5. The number of sulfonamides is 1. The molecular formula is C41H33ClF6N10O4S. The van der Waals surface area contributed by atoms with E-state index in [9.17, 15) is 30.8 Å². The second kappa shape index (κ2) is 14.9. The van der Waals surface area contributed by atoms with Crippen molar-refractivity contribution in [2.24, 2.45) is 13.0 Å². The number of nitrogens with zero attached hydrogens (tertiary/aromatic N) is 8. The molecule has 22 heteroatoms. The van der Waals surface area contributed by atoms with Crippen LogP contribution in [-0.2, 0) is 40.8 Å². The molecule has 1 fully saturated rings. The number of aromatic nitrogens is 8. The molecule has 14 nitrogen and oxygen atoms in total. The van der Waals surface area contributed by atoms with Crippen LogP contribution in [0, 0.1) is 31.4 Å². The Bertz CT molecular complexity index is 3220. The van der Waals surface area contributed by atoms with Gasteiger partial charge in [-0.25, -0.2) is 40.9 Å². The van der Waals surface area contributed by atoms with Gasteiger partial charge in [0.15, 0.2) is 5.82 Å². The van der Waals surface area contributed by atoms with Crippen LogP contribution in [0.25, 0.3) is 38.8 Å². The molecule has 326 valence electrons. The normalized spacial score (nSPS) is 17.0. The lowest BCUT2D eigenvalue weighted by Gasteiger charge is -2.24. The molecule has 3 atom stereocenters. The number of nitrogens with one attached hydrogen (secondary N) is 2. The molecule has 3 aromatic carbocycles. The van der Waals surface area contributed by atoms with Crippen molar-refractivity contribution in [2.75, 3.05) is 11.0 Å². The van der Waals surface area contributed by atoms with E-state index < -0.39 is 87.7 Å². The number of carbonyl (C=O) groups is 1. The average molecular weight is 911 g/mol. The molecule has 0 unspecified atom stereocenters. The van der Waals surface area contributed by atoms with Crippen molar-refractivity contribution in [1.82, 2.24) is 44.4 Å². The fourth-order valence-corrected chi connectivity index (χ4v) is 9.34. The first-order chi connectivity index (χ1) is 29.7. The van der Waals surface area contributed by atoms with Crippen molar-refractivity contribution >= 4 is 55.2 Å². The van der Waals surface area contributed by atoms with E-state index in [1.807, 2.05) is 0 Å². The van der Waals surface area contributed by atoms with E-state index in [2.05, 4.69) is 30.2 Å². The molecule has 0 spiro atoms. The zero-order chi connectivity index (χ0) is 45.0. The van der Waals surface area contributed by atoms with E-state index in [1.54, 1.807) is 32.0 Å². The van der Waals surface area contributed by atoms with Crippen molar-refractivity contribution in [3.63, 3.8) is 0 Å². The van der Waals surface area contributed by atoms with Crippen LogP contribution in [0.5, 0.6) is 0 Å². The molecule has 2 aliphatic carbocycles. The Balaban J connectivity index is 1.26. The molecule has 7 aromatic rings. The largest absolute Gasteiger partial charge is 0.344 e. The molecule has 0 aliphatic heterocycles. The molecule has 0 bridgehead atoms. The molecule has 4 aromatic heterocycles. The van der Waals surface area contributed by atoms with Crippen LogP contribution in [0.15, 0.2) is 59.4 Å². The SMILES string of the molecule is Cc1cc(-c2ccc3c(=O)n(-c4ccc(Cl)c5c(NS(C)(=O)=O)nn(C)c45)c([C@H](Cc4cc(F)cc(F)c4)NC(=O)Cn4nc(C(F)F)c5c4C(F)(F)[C@@H]4C[C@H]54)nc3c2)nc(C)n1. The summed E-state index contributed by atoms with van der Waals surface area (Å²) >= 11 is 6.64. The number of hydrogen-bond acceptors (Lipinski definition) is 9. The van der Waals surface area contributed by atoms with Gasteiger partial charge in [-0.05, 0) is 74.2 Å². The number of rotatable bonds is 11. The van der Waals surface area contributed by atoms with E-state index in [1.165, 1.54) is 29.9 Å². The quantitative estimate of drug-likeness (QED) is 0.129. The van der Waals surface area contributed by atoms with Gasteiger partial charge in [0, 0.05) is 42.3 Å². The molecule has 0 radical (unpaired) electrons. The van der Waals surface area contributed by atoms with Crippen molar-refractivity contribution in [3.8, 4) is 16.9 Å². The topological polar surface area (TPSA) is 172 Å². The van der Waals surface area contributed by atoms with Crippen LogP contribution in [-0.4, -0.2) is 59.7 Å². The predicted molar refractivity (Wildman–Crippen MR) is 218 cm³/mol. The first kappa shape index (κ1) is 42.0. The summed E-state index contributed by atoms with van der Waals surface area (Å²) in [5.74, 6) is -8.59. The molecule has 1 amide bonds. The molecule has 63 heavy (non-hydrogen) atoms. The summed E-state index contributed by atoms with van der Waals surface area (Å²) in [5.41, 5.74) is -0.866. The maximum Gasteiger partial charge on any atom is 0.293 e. The van der Waals surface area contributed by atoms with E-state index in [0.717, 1.165) is 23.0 Å². The maximum absolute atomic E-state index is 15.5. The number of hydrogen-bond donors (Lipinski definition) is 2. The Morgan fingerprint density at radius 2 is 1.73 bits per heavy atom. The van der Waals surface area contributed by atoms with E-state index in [-0.39, 0.29) is 61.7 Å². The Hall–Kier alpha value is -6.35. The monoisotopic (exact) mass is 910 g/mol. The highest BCUT2D eigenvalue weighted by Gasteiger charge is 2.67. The lowest BCUT2D eigenvalue weighted by atomic mass is 10.0. The molecule has 0 saturated heterocycles. The number of halogens is 7. The second-order valence-electron chi connectivity index (χ2n) is 15.7. The van der Waals surface area contributed by atoms with Crippen molar-refractivity contribution < 1.29 is 39.6 Å². The van der Waals surface area contributed by atoms with Crippen molar-refractivity contribution in [3.05, 3.63) is 121 Å². The summed E-state index contributed by atoms with van der Waals surface area (Å²) in [5, 5.41) is 10.9. The van der Waals surface area contributed by atoms with Gasteiger partial charge in [0.1, 0.15) is 41.2 Å². The fourth-order valence-electron chi connectivity index (χ4n) is 8.60. The highest BCUT2D eigenvalue weighted by atomic mass is 35.5. The van der Waals surface area contributed by atoms with Crippen LogP contribution >= 0.6 is 11.6 Å². The van der Waals surface area contributed by atoms with E-state index >= 15 is 13.6 Å². The van der Waals surface area contributed by atoms with Gasteiger partial charge in [-0.1, -0.05) is 17.7 Å². The van der Waals surface area contributed by atoms with E-state index in [0.29, 0.717) is 33.5 Å². The van der Waals surface area contributed by atoms with Crippen LogP contribution in [0.3, 0.4) is 0 Å². The smallest absolute Gasteiger partial charge is 0.293 e. The number of amides is 1.